The number of aliphatic hydroxyl groups excluding tert-OH is 1. The second-order valence-electron chi connectivity index (χ2n) is 12.2. The number of hydrogen-bond donors (Lipinski definition) is 2. The first-order valence-electron chi connectivity index (χ1n) is 12.2. The van der Waals surface area contributed by atoms with E-state index in [1.807, 2.05) is 6.92 Å². The summed E-state index contributed by atoms with van der Waals surface area (Å²) in [5.41, 5.74) is -7.58. The van der Waals surface area contributed by atoms with Crippen molar-refractivity contribution in [2.45, 2.75) is 72.5 Å². The molecule has 0 saturated heterocycles. The van der Waals surface area contributed by atoms with Gasteiger partial charge < -0.3 is 19.7 Å². The quantitative estimate of drug-likeness (QED) is 0.331. The third-order valence-corrected chi connectivity index (χ3v) is 10.00. The monoisotopic (exact) mass is 506 g/mol. The molecule has 0 aliphatic heterocycles. The molecule has 8 atom stereocenters. The molecule has 3 fully saturated rings. The predicted molar refractivity (Wildman–Crippen MR) is 127 cm³/mol. The molecule has 0 aromatic carbocycles. The van der Waals surface area contributed by atoms with Gasteiger partial charge in [0.25, 0.3) is 0 Å². The maximum absolute atomic E-state index is 13.9. The van der Waals surface area contributed by atoms with Crippen LogP contribution in [0.2, 0.25) is 0 Å². The molecule has 0 radical (unpaired) electrons. The van der Waals surface area contributed by atoms with E-state index < -0.39 is 74.6 Å². The Morgan fingerprint density at radius 2 is 1.61 bits per heavy atom. The van der Waals surface area contributed by atoms with Gasteiger partial charge in [0.05, 0.1) is 25.6 Å². The molecule has 200 valence electrons. The van der Waals surface area contributed by atoms with E-state index in [2.05, 4.69) is 11.3 Å². The fourth-order valence-electron chi connectivity index (χ4n) is 8.05. The van der Waals surface area contributed by atoms with Crippen molar-refractivity contribution in [1.29, 1.82) is 0 Å². The highest BCUT2D eigenvalue weighted by molar-refractivity contribution is 6.11. The SMILES string of the molecule is C=C1C[C@H]2[C@]3(C)CCC(=O)C(C)(C)[C@@H]3C(=O)[C@@H](O)[C@]2(C)[C@@H](C(=O)OC)[C@]1(C)C(=O)[C@](C)(O)C(=O)OC. The predicted octanol–water partition coefficient (Wildman–Crippen LogP) is 1.81. The maximum Gasteiger partial charge on any atom is 0.345 e. The summed E-state index contributed by atoms with van der Waals surface area (Å²) in [6.07, 6.45) is -0.980. The number of esters is 2. The van der Waals surface area contributed by atoms with Crippen LogP contribution in [-0.4, -0.2) is 65.4 Å². The minimum Gasteiger partial charge on any atom is -0.469 e. The Morgan fingerprint density at radius 1 is 1.06 bits per heavy atom. The van der Waals surface area contributed by atoms with Gasteiger partial charge in [-0.2, -0.15) is 0 Å². The Balaban J connectivity index is 2.31. The molecule has 36 heavy (non-hydrogen) atoms. The normalized spacial score (nSPS) is 41.4. The molecular weight excluding hydrogens is 468 g/mol. The van der Waals surface area contributed by atoms with Crippen LogP contribution in [0.5, 0.6) is 0 Å². The van der Waals surface area contributed by atoms with E-state index in [1.165, 1.54) is 6.92 Å². The van der Waals surface area contributed by atoms with E-state index >= 15 is 0 Å². The van der Waals surface area contributed by atoms with Gasteiger partial charge in [0, 0.05) is 23.2 Å². The van der Waals surface area contributed by atoms with Crippen molar-refractivity contribution < 1.29 is 43.7 Å². The first-order chi connectivity index (χ1) is 16.3. The number of rotatable bonds is 4. The molecule has 0 bridgehead atoms. The van der Waals surface area contributed by atoms with Crippen LogP contribution in [0.25, 0.3) is 0 Å². The lowest BCUT2D eigenvalue weighted by molar-refractivity contribution is -0.222. The molecule has 2 N–H and O–H groups in total. The molecule has 3 rings (SSSR count). The van der Waals surface area contributed by atoms with E-state index in [4.69, 9.17) is 4.74 Å². The molecular formula is C27H38O9. The molecule has 3 aliphatic carbocycles. The maximum atomic E-state index is 13.9. The third-order valence-electron chi connectivity index (χ3n) is 10.00. The number of aliphatic hydroxyl groups is 2. The summed E-state index contributed by atoms with van der Waals surface area (Å²) in [5, 5.41) is 22.5. The first-order valence-corrected chi connectivity index (χ1v) is 12.2. The molecule has 3 saturated carbocycles. The number of Topliss-reactive ketones (excluding diaryl/α,β-unsaturated/α-hetero) is 3. The van der Waals surface area contributed by atoms with Crippen LogP contribution in [0.3, 0.4) is 0 Å². The standard InChI is InChI=1S/C27H38O9/c1-13-12-14-24(4)11-10-15(28)23(2,3)17(24)16(29)19(30)26(14,6)18(20(31)35-8)25(13,5)21(32)27(7,34)22(33)36-9/h14,17-19,30,34H,1,10-12H2,2-9H3/t14-,17-,18-,19+,24-,25+,26-,27-/m0/s1. The number of hydrogen-bond acceptors (Lipinski definition) is 9. The summed E-state index contributed by atoms with van der Waals surface area (Å²) in [6, 6.07) is 0. The van der Waals surface area contributed by atoms with E-state index in [9.17, 15) is 34.2 Å². The highest BCUT2D eigenvalue weighted by Gasteiger charge is 2.75. The van der Waals surface area contributed by atoms with Gasteiger partial charge in [0.15, 0.2) is 11.6 Å². The second kappa shape index (κ2) is 8.31. The Bertz CT molecular complexity index is 1060. The Kier molecular flexibility index (Phi) is 6.51. The van der Waals surface area contributed by atoms with E-state index in [-0.39, 0.29) is 24.2 Å². The first kappa shape index (κ1) is 28.2. The highest BCUT2D eigenvalue weighted by atomic mass is 16.5. The van der Waals surface area contributed by atoms with Crippen LogP contribution in [0, 0.1) is 39.4 Å². The molecule has 0 spiro atoms. The Labute approximate surface area is 211 Å². The van der Waals surface area contributed by atoms with Crippen molar-refractivity contribution in [2.24, 2.45) is 39.4 Å². The van der Waals surface area contributed by atoms with Crippen molar-refractivity contribution in [2.75, 3.05) is 14.2 Å². The number of carbonyl (C=O) groups is 5. The van der Waals surface area contributed by atoms with Gasteiger partial charge in [-0.15, -0.1) is 0 Å². The lowest BCUT2D eigenvalue weighted by atomic mass is 9.35. The minimum absolute atomic E-state index is 0.0672. The van der Waals surface area contributed by atoms with Crippen molar-refractivity contribution in [1.82, 2.24) is 0 Å². The van der Waals surface area contributed by atoms with Gasteiger partial charge in [-0.1, -0.05) is 39.8 Å². The van der Waals surface area contributed by atoms with Crippen LogP contribution < -0.4 is 0 Å². The number of methoxy groups -OCH3 is 2. The molecule has 0 amide bonds. The van der Waals surface area contributed by atoms with E-state index in [1.54, 1.807) is 20.8 Å². The minimum atomic E-state index is -2.63. The summed E-state index contributed by atoms with van der Waals surface area (Å²) in [4.78, 5) is 66.4. The summed E-state index contributed by atoms with van der Waals surface area (Å²) in [7, 11) is 2.15. The number of allylic oxidation sites excluding steroid dienone is 1. The largest absolute Gasteiger partial charge is 0.469 e. The molecule has 0 heterocycles. The third kappa shape index (κ3) is 3.24. The van der Waals surface area contributed by atoms with Gasteiger partial charge in [-0.3, -0.25) is 19.2 Å². The van der Waals surface area contributed by atoms with Crippen molar-refractivity contribution >= 4 is 29.3 Å². The summed E-state index contributed by atoms with van der Waals surface area (Å²) in [5.74, 6) is -6.54. The summed E-state index contributed by atoms with van der Waals surface area (Å²) < 4.78 is 9.73. The van der Waals surface area contributed by atoms with E-state index in [0.717, 1.165) is 21.1 Å². The zero-order chi connectivity index (χ0) is 27.8. The average molecular weight is 507 g/mol. The fraction of sp³-hybridized carbons (Fsp3) is 0.741. The number of carbonyl (C=O) groups excluding carboxylic acids is 5. The van der Waals surface area contributed by atoms with Gasteiger partial charge >= 0.3 is 11.9 Å². The van der Waals surface area contributed by atoms with Gasteiger partial charge in [0.1, 0.15) is 11.9 Å². The molecule has 0 unspecified atom stereocenters. The van der Waals surface area contributed by atoms with Crippen LogP contribution in [-0.2, 0) is 33.4 Å². The van der Waals surface area contributed by atoms with Crippen LogP contribution in [0.15, 0.2) is 12.2 Å². The van der Waals surface area contributed by atoms with Crippen molar-refractivity contribution in [3.05, 3.63) is 12.2 Å². The average Bonchev–Trinajstić information content (AvgIpc) is 2.81. The molecule has 3 aliphatic rings. The second-order valence-corrected chi connectivity index (χ2v) is 12.2. The van der Waals surface area contributed by atoms with Crippen molar-refractivity contribution in [3.63, 3.8) is 0 Å². The summed E-state index contributed by atoms with van der Waals surface area (Å²) >= 11 is 0. The zero-order valence-electron chi connectivity index (χ0n) is 22.4. The fourth-order valence-corrected chi connectivity index (χ4v) is 8.05. The number of ether oxygens (including phenoxy) is 2. The van der Waals surface area contributed by atoms with Gasteiger partial charge in [-0.25, -0.2) is 4.79 Å². The lowest BCUT2D eigenvalue weighted by Crippen LogP contribution is -2.73. The highest BCUT2D eigenvalue weighted by Crippen LogP contribution is 2.70. The van der Waals surface area contributed by atoms with Crippen LogP contribution in [0.4, 0.5) is 0 Å². The number of ketones is 3. The zero-order valence-corrected chi connectivity index (χ0v) is 22.4. The van der Waals surface area contributed by atoms with E-state index in [0.29, 0.717) is 6.42 Å². The molecule has 9 nitrogen and oxygen atoms in total. The van der Waals surface area contributed by atoms with Crippen molar-refractivity contribution in [3.8, 4) is 0 Å². The Hall–Kier alpha value is -2.39. The Morgan fingerprint density at radius 3 is 2.11 bits per heavy atom. The smallest absolute Gasteiger partial charge is 0.345 e. The van der Waals surface area contributed by atoms with Crippen LogP contribution in [0.1, 0.15) is 60.8 Å². The topological polar surface area (TPSA) is 144 Å². The molecule has 0 aromatic heterocycles. The lowest BCUT2D eigenvalue weighted by Gasteiger charge is -2.67. The van der Waals surface area contributed by atoms with Crippen LogP contribution >= 0.6 is 0 Å². The molecule has 9 heteroatoms. The molecule has 0 aromatic rings. The van der Waals surface area contributed by atoms with Gasteiger partial charge in [-0.05, 0) is 38.0 Å². The number of fused-ring (bicyclic) bond motifs is 3. The van der Waals surface area contributed by atoms with Gasteiger partial charge in [0.2, 0.25) is 5.60 Å². The summed E-state index contributed by atoms with van der Waals surface area (Å²) in [6.45, 7) is 13.4.